The molecule has 0 N–H and O–H groups in total. The van der Waals surface area contributed by atoms with E-state index in [0.717, 1.165) is 80.1 Å². The van der Waals surface area contributed by atoms with E-state index in [4.69, 9.17) is 14.6 Å². The van der Waals surface area contributed by atoms with Crippen molar-refractivity contribution < 1.29 is 9.47 Å². The first-order valence-electron chi connectivity index (χ1n) is 12.3. The molecule has 2 aliphatic rings. The van der Waals surface area contributed by atoms with Gasteiger partial charge in [0.15, 0.2) is 5.16 Å². The molecule has 6 nitrogen and oxygen atoms in total. The van der Waals surface area contributed by atoms with Crippen LogP contribution in [0.15, 0.2) is 53.7 Å². The van der Waals surface area contributed by atoms with Crippen molar-refractivity contribution in [1.29, 1.82) is 0 Å². The molecule has 5 rings (SSSR count). The zero-order valence-electron chi connectivity index (χ0n) is 20.2. The average molecular weight is 479 g/mol. The lowest BCUT2D eigenvalue weighted by Gasteiger charge is -2.32. The Balaban J connectivity index is 1.34. The third-order valence-corrected chi connectivity index (χ3v) is 8.06. The first-order chi connectivity index (χ1) is 16.7. The van der Waals surface area contributed by atoms with Gasteiger partial charge >= 0.3 is 0 Å². The molecule has 1 atom stereocenters. The molecule has 0 amide bonds. The molecule has 34 heavy (non-hydrogen) atoms. The molecule has 2 aliphatic heterocycles. The van der Waals surface area contributed by atoms with Crippen molar-refractivity contribution in [3.05, 3.63) is 65.5 Å². The fraction of sp³-hybridized carbons (Fsp3) is 0.481. The van der Waals surface area contributed by atoms with Crippen LogP contribution in [0.5, 0.6) is 5.75 Å². The second kappa shape index (κ2) is 10.9. The van der Waals surface area contributed by atoms with Crippen LogP contribution in [0.4, 0.5) is 0 Å². The van der Waals surface area contributed by atoms with Crippen LogP contribution >= 0.6 is 11.8 Å². The highest BCUT2D eigenvalue weighted by molar-refractivity contribution is 7.99. The molecule has 2 aromatic carbocycles. The van der Waals surface area contributed by atoms with E-state index >= 15 is 0 Å². The minimum Gasteiger partial charge on any atom is -0.497 e. The zero-order valence-corrected chi connectivity index (χ0v) is 21.0. The summed E-state index contributed by atoms with van der Waals surface area (Å²) in [4.78, 5) is 2.57. The van der Waals surface area contributed by atoms with E-state index in [1.165, 1.54) is 11.1 Å². The molecule has 0 unspecified atom stereocenters. The van der Waals surface area contributed by atoms with Crippen molar-refractivity contribution in [2.75, 3.05) is 32.6 Å². The fourth-order valence-corrected chi connectivity index (χ4v) is 5.98. The van der Waals surface area contributed by atoms with Crippen LogP contribution in [0, 0.1) is 6.92 Å². The monoisotopic (exact) mass is 478 g/mol. The number of aryl methyl sites for hydroxylation is 1. The van der Waals surface area contributed by atoms with Crippen molar-refractivity contribution in [3.8, 4) is 11.4 Å². The topological polar surface area (TPSA) is 52.4 Å². The SMILES string of the molecule is COc1cccc(-n2c(SC[C@H]3CCCO3)nnc2C2CCN(Cc3ccccc3C)CC2)c1. The van der Waals surface area contributed by atoms with E-state index in [1.54, 1.807) is 18.9 Å². The fourth-order valence-electron chi connectivity index (χ4n) is 4.95. The van der Waals surface area contributed by atoms with Gasteiger partial charge in [0.1, 0.15) is 11.6 Å². The number of piperidine rings is 1. The number of ether oxygens (including phenoxy) is 2. The van der Waals surface area contributed by atoms with Gasteiger partial charge in [0.2, 0.25) is 0 Å². The summed E-state index contributed by atoms with van der Waals surface area (Å²) in [7, 11) is 1.71. The molecule has 2 saturated heterocycles. The number of likely N-dealkylation sites (tertiary alicyclic amines) is 1. The van der Waals surface area contributed by atoms with Gasteiger partial charge in [-0.2, -0.15) is 0 Å². The molecule has 7 heteroatoms. The largest absolute Gasteiger partial charge is 0.497 e. The summed E-state index contributed by atoms with van der Waals surface area (Å²) in [5.41, 5.74) is 3.86. The molecule has 0 radical (unpaired) electrons. The molecule has 0 aliphatic carbocycles. The number of methoxy groups -OCH3 is 1. The summed E-state index contributed by atoms with van der Waals surface area (Å²) in [5, 5.41) is 10.3. The number of aromatic nitrogens is 3. The van der Waals surface area contributed by atoms with E-state index in [-0.39, 0.29) is 0 Å². The summed E-state index contributed by atoms with van der Waals surface area (Å²) < 4.78 is 13.6. The smallest absolute Gasteiger partial charge is 0.195 e. The van der Waals surface area contributed by atoms with Gasteiger partial charge in [-0.15, -0.1) is 10.2 Å². The Hall–Kier alpha value is -2.35. The lowest BCUT2D eigenvalue weighted by Crippen LogP contribution is -2.33. The number of nitrogens with zero attached hydrogens (tertiary/aromatic N) is 4. The molecule has 0 bridgehead atoms. The Morgan fingerprint density at radius 1 is 1.06 bits per heavy atom. The Bertz CT molecular complexity index is 1090. The summed E-state index contributed by atoms with van der Waals surface area (Å²) in [6.07, 6.45) is 4.77. The predicted molar refractivity (Wildman–Crippen MR) is 136 cm³/mol. The van der Waals surface area contributed by atoms with Crippen LogP contribution in [0.25, 0.3) is 5.69 Å². The quantitative estimate of drug-likeness (QED) is 0.413. The van der Waals surface area contributed by atoms with Crippen molar-refractivity contribution in [2.24, 2.45) is 0 Å². The normalized spacial score (nSPS) is 19.5. The standard InChI is InChI=1S/C27H34N4O2S/c1-20-7-3-4-8-22(20)18-30-14-12-21(13-15-30)26-28-29-27(34-19-25-11-6-16-33-25)31(26)23-9-5-10-24(17-23)32-2/h3-5,7-10,17,21,25H,6,11-16,18-19H2,1-2H3/t25-/m1/s1. The maximum absolute atomic E-state index is 5.85. The molecule has 3 heterocycles. The molecular formula is C27H34N4O2S. The molecule has 0 saturated carbocycles. The molecular weight excluding hydrogens is 444 g/mol. The molecule has 180 valence electrons. The van der Waals surface area contributed by atoms with Crippen LogP contribution in [0.3, 0.4) is 0 Å². The highest BCUT2D eigenvalue weighted by Crippen LogP contribution is 2.34. The van der Waals surface area contributed by atoms with Crippen LogP contribution in [-0.2, 0) is 11.3 Å². The Labute approximate surface area is 206 Å². The minimum absolute atomic E-state index is 0.314. The van der Waals surface area contributed by atoms with Crippen LogP contribution < -0.4 is 4.74 Å². The first-order valence-corrected chi connectivity index (χ1v) is 13.3. The molecule has 1 aromatic heterocycles. The highest BCUT2D eigenvalue weighted by Gasteiger charge is 2.28. The third-order valence-electron chi connectivity index (χ3n) is 7.00. The summed E-state index contributed by atoms with van der Waals surface area (Å²) in [5.74, 6) is 3.22. The van der Waals surface area contributed by atoms with Crippen molar-refractivity contribution in [1.82, 2.24) is 19.7 Å². The van der Waals surface area contributed by atoms with Gasteiger partial charge in [-0.25, -0.2) is 0 Å². The van der Waals surface area contributed by atoms with Gasteiger partial charge in [0, 0.05) is 30.9 Å². The maximum Gasteiger partial charge on any atom is 0.195 e. The number of rotatable bonds is 8. The number of hydrogen-bond acceptors (Lipinski definition) is 6. The lowest BCUT2D eigenvalue weighted by atomic mass is 9.95. The predicted octanol–water partition coefficient (Wildman–Crippen LogP) is 5.24. The number of hydrogen-bond donors (Lipinski definition) is 0. The molecule has 3 aromatic rings. The van der Waals surface area contributed by atoms with Gasteiger partial charge < -0.3 is 9.47 Å². The van der Waals surface area contributed by atoms with E-state index in [2.05, 4.69) is 57.9 Å². The van der Waals surface area contributed by atoms with Crippen molar-refractivity contribution >= 4 is 11.8 Å². The summed E-state index contributed by atoms with van der Waals surface area (Å²) in [6.45, 7) is 6.24. The minimum atomic E-state index is 0.314. The Morgan fingerprint density at radius 3 is 2.68 bits per heavy atom. The van der Waals surface area contributed by atoms with E-state index in [0.29, 0.717) is 12.0 Å². The van der Waals surface area contributed by atoms with Crippen LogP contribution in [-0.4, -0.2) is 58.3 Å². The maximum atomic E-state index is 5.85. The van der Waals surface area contributed by atoms with Crippen molar-refractivity contribution in [3.63, 3.8) is 0 Å². The first kappa shape index (κ1) is 23.4. The molecule has 2 fully saturated rings. The van der Waals surface area contributed by atoms with Gasteiger partial charge in [0.05, 0.1) is 18.9 Å². The lowest BCUT2D eigenvalue weighted by molar-refractivity contribution is 0.129. The van der Waals surface area contributed by atoms with Gasteiger partial charge in [-0.3, -0.25) is 9.47 Å². The number of thioether (sulfide) groups is 1. The Morgan fingerprint density at radius 2 is 1.91 bits per heavy atom. The van der Waals surface area contributed by atoms with Gasteiger partial charge in [-0.05, 0) is 69.0 Å². The second-order valence-electron chi connectivity index (χ2n) is 9.30. The highest BCUT2D eigenvalue weighted by atomic mass is 32.2. The van der Waals surface area contributed by atoms with E-state index in [1.807, 2.05) is 12.1 Å². The van der Waals surface area contributed by atoms with Gasteiger partial charge in [0.25, 0.3) is 0 Å². The van der Waals surface area contributed by atoms with Crippen LogP contribution in [0.1, 0.15) is 48.6 Å². The van der Waals surface area contributed by atoms with Crippen LogP contribution in [0.2, 0.25) is 0 Å². The zero-order chi connectivity index (χ0) is 23.3. The average Bonchev–Trinajstić information content (AvgIpc) is 3.55. The second-order valence-corrected chi connectivity index (χ2v) is 10.3. The van der Waals surface area contributed by atoms with E-state index in [9.17, 15) is 0 Å². The molecule has 0 spiro atoms. The summed E-state index contributed by atoms with van der Waals surface area (Å²) >= 11 is 1.75. The number of benzene rings is 2. The summed E-state index contributed by atoms with van der Waals surface area (Å²) in [6, 6.07) is 16.9. The third kappa shape index (κ3) is 5.32. The van der Waals surface area contributed by atoms with E-state index < -0.39 is 0 Å². The van der Waals surface area contributed by atoms with Gasteiger partial charge in [-0.1, -0.05) is 42.1 Å². The Kier molecular flexibility index (Phi) is 7.52. The van der Waals surface area contributed by atoms with Crippen molar-refractivity contribution in [2.45, 2.75) is 56.3 Å².